The number of halogens is 1. The maximum Gasteiger partial charge on any atom is 0.224 e. The number of hydrogen-bond acceptors (Lipinski definition) is 5. The SMILES string of the molecule is CCc1cc2c(Sc3cccc(Br)c3)nc(NC)nc2s1. The summed E-state index contributed by atoms with van der Waals surface area (Å²) in [5.74, 6) is 0.671. The predicted octanol–water partition coefficient (Wildman–Crippen LogP) is 5.21. The van der Waals surface area contributed by atoms with Crippen LogP contribution >= 0.6 is 39.0 Å². The highest BCUT2D eigenvalue weighted by Gasteiger charge is 2.12. The van der Waals surface area contributed by atoms with Crippen LogP contribution in [0.5, 0.6) is 0 Å². The molecule has 3 nitrogen and oxygen atoms in total. The minimum Gasteiger partial charge on any atom is -0.357 e. The Bertz CT molecular complexity index is 786. The lowest BCUT2D eigenvalue weighted by molar-refractivity contribution is 1.10. The number of nitrogens with one attached hydrogen (secondary N) is 1. The Morgan fingerprint density at radius 2 is 2.14 bits per heavy atom. The number of benzene rings is 1. The molecule has 1 N–H and O–H groups in total. The van der Waals surface area contributed by atoms with E-state index in [0.717, 1.165) is 31.0 Å². The van der Waals surface area contributed by atoms with Gasteiger partial charge in [0, 0.05) is 26.7 Å². The lowest BCUT2D eigenvalue weighted by Gasteiger charge is -2.05. The molecular formula is C15H14BrN3S2. The summed E-state index contributed by atoms with van der Waals surface area (Å²) < 4.78 is 1.08. The molecule has 0 aliphatic rings. The van der Waals surface area contributed by atoms with Gasteiger partial charge in [-0.05, 0) is 30.7 Å². The van der Waals surface area contributed by atoms with E-state index in [1.54, 1.807) is 23.1 Å². The van der Waals surface area contributed by atoms with Crippen LogP contribution in [0.2, 0.25) is 0 Å². The van der Waals surface area contributed by atoms with Crippen molar-refractivity contribution in [3.8, 4) is 0 Å². The van der Waals surface area contributed by atoms with Gasteiger partial charge in [-0.2, -0.15) is 0 Å². The second kappa shape index (κ2) is 6.34. The van der Waals surface area contributed by atoms with E-state index in [0.29, 0.717) is 5.95 Å². The molecule has 0 saturated heterocycles. The molecule has 2 heterocycles. The number of anilines is 1. The molecule has 0 amide bonds. The van der Waals surface area contributed by atoms with Crippen LogP contribution < -0.4 is 5.32 Å². The zero-order valence-corrected chi connectivity index (χ0v) is 14.9. The summed E-state index contributed by atoms with van der Waals surface area (Å²) >= 11 is 6.92. The van der Waals surface area contributed by atoms with Crippen molar-refractivity contribution in [3.63, 3.8) is 0 Å². The molecule has 0 aliphatic heterocycles. The van der Waals surface area contributed by atoms with E-state index < -0.39 is 0 Å². The first-order valence-corrected chi connectivity index (χ1v) is 9.04. The smallest absolute Gasteiger partial charge is 0.224 e. The fourth-order valence-electron chi connectivity index (χ4n) is 1.95. The van der Waals surface area contributed by atoms with Crippen LogP contribution in [-0.2, 0) is 6.42 Å². The molecule has 0 atom stereocenters. The largest absolute Gasteiger partial charge is 0.357 e. The van der Waals surface area contributed by atoms with Gasteiger partial charge in [-0.1, -0.05) is 40.7 Å². The number of thiophene rings is 1. The van der Waals surface area contributed by atoms with Crippen LogP contribution in [0.25, 0.3) is 10.2 Å². The molecule has 108 valence electrons. The summed E-state index contributed by atoms with van der Waals surface area (Å²) in [5.41, 5.74) is 0. The van der Waals surface area contributed by atoms with Crippen LogP contribution in [0.4, 0.5) is 5.95 Å². The third-order valence-electron chi connectivity index (χ3n) is 2.99. The molecule has 0 bridgehead atoms. The maximum atomic E-state index is 4.62. The van der Waals surface area contributed by atoms with Gasteiger partial charge < -0.3 is 5.32 Å². The van der Waals surface area contributed by atoms with Crippen molar-refractivity contribution in [3.05, 3.63) is 39.7 Å². The second-order valence-corrected chi connectivity index (χ2v) is 7.54. The van der Waals surface area contributed by atoms with Crippen LogP contribution in [0.3, 0.4) is 0 Å². The molecule has 0 aliphatic carbocycles. The van der Waals surface area contributed by atoms with Crippen LogP contribution in [-0.4, -0.2) is 17.0 Å². The Balaban J connectivity index is 2.09. The summed E-state index contributed by atoms with van der Waals surface area (Å²) in [6.07, 6.45) is 1.02. The Morgan fingerprint density at radius 3 is 2.86 bits per heavy atom. The first-order valence-electron chi connectivity index (χ1n) is 6.61. The molecule has 0 radical (unpaired) electrons. The second-order valence-electron chi connectivity index (χ2n) is 4.45. The zero-order valence-electron chi connectivity index (χ0n) is 11.7. The molecular weight excluding hydrogens is 366 g/mol. The zero-order chi connectivity index (χ0) is 14.8. The highest BCUT2D eigenvalue weighted by Crippen LogP contribution is 2.36. The number of aromatic nitrogens is 2. The number of rotatable bonds is 4. The van der Waals surface area contributed by atoms with Crippen LogP contribution in [0.15, 0.2) is 44.7 Å². The van der Waals surface area contributed by atoms with Crippen molar-refractivity contribution in [2.75, 3.05) is 12.4 Å². The maximum absolute atomic E-state index is 4.62. The van der Waals surface area contributed by atoms with E-state index in [9.17, 15) is 0 Å². The summed E-state index contributed by atoms with van der Waals surface area (Å²) in [5, 5.41) is 5.18. The highest BCUT2D eigenvalue weighted by atomic mass is 79.9. The van der Waals surface area contributed by atoms with E-state index in [4.69, 9.17) is 0 Å². The number of aryl methyl sites for hydroxylation is 1. The monoisotopic (exact) mass is 379 g/mol. The van der Waals surface area contributed by atoms with E-state index in [1.165, 1.54) is 4.88 Å². The van der Waals surface area contributed by atoms with Gasteiger partial charge in [-0.15, -0.1) is 11.3 Å². The Labute approximate surface area is 140 Å². The van der Waals surface area contributed by atoms with Crippen molar-refractivity contribution in [2.45, 2.75) is 23.3 Å². The van der Waals surface area contributed by atoms with Crippen molar-refractivity contribution in [1.29, 1.82) is 0 Å². The van der Waals surface area contributed by atoms with Gasteiger partial charge in [0.25, 0.3) is 0 Å². The minimum absolute atomic E-state index is 0.671. The normalized spacial score (nSPS) is 11.0. The summed E-state index contributed by atoms with van der Waals surface area (Å²) in [6.45, 7) is 2.16. The lowest BCUT2D eigenvalue weighted by atomic mass is 10.3. The molecule has 0 saturated carbocycles. The number of nitrogens with zero attached hydrogens (tertiary/aromatic N) is 2. The number of fused-ring (bicyclic) bond motifs is 1. The predicted molar refractivity (Wildman–Crippen MR) is 94.6 cm³/mol. The Morgan fingerprint density at radius 1 is 1.29 bits per heavy atom. The summed E-state index contributed by atoms with van der Waals surface area (Å²) in [7, 11) is 1.85. The average molecular weight is 380 g/mol. The van der Waals surface area contributed by atoms with Crippen molar-refractivity contribution < 1.29 is 0 Å². The van der Waals surface area contributed by atoms with E-state index in [2.05, 4.69) is 56.3 Å². The highest BCUT2D eigenvalue weighted by molar-refractivity contribution is 9.10. The van der Waals surface area contributed by atoms with Crippen LogP contribution in [0.1, 0.15) is 11.8 Å². The van der Waals surface area contributed by atoms with Gasteiger partial charge in [0.1, 0.15) is 9.86 Å². The Kier molecular flexibility index (Phi) is 4.47. The molecule has 21 heavy (non-hydrogen) atoms. The quantitative estimate of drug-likeness (QED) is 0.631. The molecule has 3 rings (SSSR count). The lowest BCUT2D eigenvalue weighted by Crippen LogP contribution is -1.96. The topological polar surface area (TPSA) is 37.8 Å². The fraction of sp³-hybridized carbons (Fsp3) is 0.200. The first kappa shape index (κ1) is 14.8. The summed E-state index contributed by atoms with van der Waals surface area (Å²) in [4.78, 5) is 12.7. The van der Waals surface area contributed by atoms with Crippen molar-refractivity contribution in [1.82, 2.24) is 9.97 Å². The van der Waals surface area contributed by atoms with Crippen molar-refractivity contribution >= 4 is 55.2 Å². The molecule has 3 aromatic rings. The molecule has 2 aromatic heterocycles. The fourth-order valence-corrected chi connectivity index (χ4v) is 4.49. The van der Waals surface area contributed by atoms with E-state index >= 15 is 0 Å². The van der Waals surface area contributed by atoms with Gasteiger partial charge in [0.15, 0.2) is 0 Å². The summed E-state index contributed by atoms with van der Waals surface area (Å²) in [6, 6.07) is 10.5. The van der Waals surface area contributed by atoms with Gasteiger partial charge in [-0.25, -0.2) is 9.97 Å². The molecule has 0 unspecified atom stereocenters. The first-order chi connectivity index (χ1) is 10.2. The molecule has 6 heteroatoms. The van der Waals surface area contributed by atoms with Gasteiger partial charge in [0.05, 0.1) is 0 Å². The van der Waals surface area contributed by atoms with E-state index in [-0.39, 0.29) is 0 Å². The number of hydrogen-bond donors (Lipinski definition) is 1. The third-order valence-corrected chi connectivity index (χ3v) is 5.65. The molecule has 1 aromatic carbocycles. The third kappa shape index (κ3) is 3.22. The molecule has 0 fully saturated rings. The van der Waals surface area contributed by atoms with E-state index in [1.807, 2.05) is 19.2 Å². The molecule has 0 spiro atoms. The average Bonchev–Trinajstić information content (AvgIpc) is 2.90. The standard InChI is InChI=1S/C15H14BrN3S2/c1-3-10-8-12-13(20-10)18-15(17-2)19-14(12)21-11-6-4-5-9(16)7-11/h4-8H,3H2,1-2H3,(H,17,18,19). The van der Waals surface area contributed by atoms with Gasteiger partial charge in [0.2, 0.25) is 5.95 Å². The minimum atomic E-state index is 0.671. The van der Waals surface area contributed by atoms with Gasteiger partial charge in [-0.3, -0.25) is 0 Å². The Hall–Kier alpha value is -1.11. The van der Waals surface area contributed by atoms with Crippen molar-refractivity contribution in [2.24, 2.45) is 0 Å². The van der Waals surface area contributed by atoms with Crippen LogP contribution in [0, 0.1) is 0 Å². The van der Waals surface area contributed by atoms with Gasteiger partial charge >= 0.3 is 0 Å².